The molecule has 0 spiro atoms. The van der Waals surface area contributed by atoms with Gasteiger partial charge in [0.05, 0.1) is 12.2 Å². The van der Waals surface area contributed by atoms with Crippen LogP contribution in [0.5, 0.6) is 11.8 Å². The Kier molecular flexibility index (Phi) is 4.09. The Morgan fingerprint density at radius 1 is 0.828 bits per heavy atom. The highest BCUT2D eigenvalue weighted by Crippen LogP contribution is 2.33. The summed E-state index contributed by atoms with van der Waals surface area (Å²) in [5.41, 5.74) is 2.88. The highest BCUT2D eigenvalue weighted by molar-refractivity contribution is 6.05. The first-order valence-corrected chi connectivity index (χ1v) is 9.32. The van der Waals surface area contributed by atoms with Crippen molar-refractivity contribution in [1.82, 2.24) is 15.0 Å². The van der Waals surface area contributed by atoms with Crippen molar-refractivity contribution in [3.8, 4) is 34.5 Å². The van der Waals surface area contributed by atoms with E-state index in [9.17, 15) is 5.11 Å². The highest BCUT2D eigenvalue weighted by Gasteiger charge is 2.15. The van der Waals surface area contributed by atoms with Crippen molar-refractivity contribution < 1.29 is 14.3 Å². The van der Waals surface area contributed by atoms with E-state index < -0.39 is 0 Å². The van der Waals surface area contributed by atoms with Gasteiger partial charge in [-0.3, -0.25) is 0 Å². The van der Waals surface area contributed by atoms with E-state index in [1.807, 2.05) is 55.5 Å². The Balaban J connectivity index is 1.68. The van der Waals surface area contributed by atoms with E-state index in [1.165, 1.54) is 0 Å². The second kappa shape index (κ2) is 6.91. The van der Waals surface area contributed by atoms with E-state index in [0.717, 1.165) is 27.5 Å². The maximum atomic E-state index is 10.2. The van der Waals surface area contributed by atoms with E-state index >= 15 is 0 Å². The van der Waals surface area contributed by atoms with Crippen molar-refractivity contribution in [1.29, 1.82) is 0 Å². The molecule has 0 aliphatic rings. The van der Waals surface area contributed by atoms with Gasteiger partial charge in [0.15, 0.2) is 11.6 Å². The van der Waals surface area contributed by atoms with Crippen molar-refractivity contribution in [2.45, 2.75) is 6.92 Å². The van der Waals surface area contributed by atoms with Crippen molar-refractivity contribution in [2.75, 3.05) is 6.61 Å². The van der Waals surface area contributed by atoms with Gasteiger partial charge in [0.25, 0.3) is 0 Å². The molecule has 29 heavy (non-hydrogen) atoms. The molecule has 0 fully saturated rings. The molecule has 0 bridgehead atoms. The number of phenolic OH excluding ortho intramolecular Hbond substituents is 1. The minimum absolute atomic E-state index is 0.0971. The number of phenols is 1. The number of para-hydroxylation sites is 2. The normalized spacial score (nSPS) is 11.2. The van der Waals surface area contributed by atoms with Gasteiger partial charge in [0.2, 0.25) is 0 Å². The first-order valence-electron chi connectivity index (χ1n) is 9.32. The summed E-state index contributed by atoms with van der Waals surface area (Å²) >= 11 is 0. The number of fused-ring (bicyclic) bond motifs is 3. The van der Waals surface area contributed by atoms with Crippen LogP contribution in [0, 0.1) is 0 Å². The summed E-state index contributed by atoms with van der Waals surface area (Å²) in [5.74, 6) is 0.894. The minimum atomic E-state index is 0.0971. The summed E-state index contributed by atoms with van der Waals surface area (Å²) in [4.78, 5) is 13.4. The molecule has 0 amide bonds. The summed E-state index contributed by atoms with van der Waals surface area (Å²) in [6, 6.07) is 20.9. The summed E-state index contributed by atoms with van der Waals surface area (Å²) in [6.45, 7) is 2.29. The zero-order chi connectivity index (χ0) is 19.8. The lowest BCUT2D eigenvalue weighted by Crippen LogP contribution is -2.03. The molecule has 2 aromatic heterocycles. The Morgan fingerprint density at radius 2 is 1.59 bits per heavy atom. The summed E-state index contributed by atoms with van der Waals surface area (Å²) in [5, 5.41) is 12.3. The number of nitrogens with zero attached hydrogens (tertiary/aromatic N) is 3. The highest BCUT2D eigenvalue weighted by atomic mass is 16.5. The first kappa shape index (κ1) is 17.2. The second-order valence-corrected chi connectivity index (χ2v) is 6.52. The van der Waals surface area contributed by atoms with Crippen LogP contribution >= 0.6 is 0 Å². The fraction of sp³-hybridized carbons (Fsp3) is 0.0870. The van der Waals surface area contributed by atoms with Gasteiger partial charge in [-0.2, -0.15) is 9.97 Å². The Hall–Kier alpha value is -3.93. The zero-order valence-electron chi connectivity index (χ0n) is 15.7. The van der Waals surface area contributed by atoms with Gasteiger partial charge < -0.3 is 14.3 Å². The van der Waals surface area contributed by atoms with Gasteiger partial charge >= 0.3 is 6.01 Å². The molecule has 6 nitrogen and oxygen atoms in total. The quantitative estimate of drug-likeness (QED) is 0.459. The lowest BCUT2D eigenvalue weighted by Gasteiger charge is -2.08. The summed E-state index contributed by atoms with van der Waals surface area (Å²) in [7, 11) is 0. The van der Waals surface area contributed by atoms with Crippen LogP contribution in [0.1, 0.15) is 6.92 Å². The van der Waals surface area contributed by atoms with E-state index in [1.54, 1.807) is 18.2 Å². The van der Waals surface area contributed by atoms with E-state index in [2.05, 4.69) is 15.0 Å². The van der Waals surface area contributed by atoms with Crippen molar-refractivity contribution >= 4 is 21.9 Å². The number of benzene rings is 3. The monoisotopic (exact) mass is 383 g/mol. The van der Waals surface area contributed by atoms with Gasteiger partial charge in [-0.05, 0) is 37.3 Å². The molecule has 2 heterocycles. The third-order valence-corrected chi connectivity index (χ3v) is 4.67. The van der Waals surface area contributed by atoms with Crippen LogP contribution in [0.2, 0.25) is 0 Å². The molecule has 5 aromatic rings. The average Bonchev–Trinajstić information content (AvgIpc) is 3.12. The maximum absolute atomic E-state index is 10.2. The third kappa shape index (κ3) is 3.04. The molecule has 0 radical (unpaired) electrons. The summed E-state index contributed by atoms with van der Waals surface area (Å²) in [6.07, 6.45) is 0. The van der Waals surface area contributed by atoms with E-state index in [-0.39, 0.29) is 11.8 Å². The van der Waals surface area contributed by atoms with Crippen LogP contribution in [-0.2, 0) is 0 Å². The largest absolute Gasteiger partial charge is 0.507 e. The molecular weight excluding hydrogens is 366 g/mol. The van der Waals surface area contributed by atoms with Crippen molar-refractivity contribution in [3.63, 3.8) is 0 Å². The zero-order valence-corrected chi connectivity index (χ0v) is 15.7. The molecule has 0 atom stereocenters. The van der Waals surface area contributed by atoms with Gasteiger partial charge in [0, 0.05) is 16.3 Å². The number of hydrogen-bond donors (Lipinski definition) is 1. The van der Waals surface area contributed by atoms with Crippen molar-refractivity contribution in [3.05, 3.63) is 66.7 Å². The van der Waals surface area contributed by atoms with Crippen LogP contribution in [0.15, 0.2) is 71.1 Å². The standard InChI is InChI=1S/C23H17N3O3/c1-2-28-23-25-21(24-22(26-23)17-8-3-5-9-18(17)27)14-11-12-16-15-7-4-6-10-19(15)29-20(16)13-14/h3-13,27H,2H2,1H3. The molecule has 142 valence electrons. The average molecular weight is 383 g/mol. The fourth-order valence-corrected chi connectivity index (χ4v) is 3.33. The predicted octanol–water partition coefficient (Wildman–Crippen LogP) is 5.21. The molecule has 0 saturated heterocycles. The number of rotatable bonds is 4. The number of hydrogen-bond acceptors (Lipinski definition) is 6. The molecule has 0 saturated carbocycles. The number of furan rings is 1. The van der Waals surface area contributed by atoms with Gasteiger partial charge in [-0.1, -0.05) is 36.4 Å². The van der Waals surface area contributed by atoms with Crippen LogP contribution in [0.4, 0.5) is 0 Å². The minimum Gasteiger partial charge on any atom is -0.507 e. The van der Waals surface area contributed by atoms with E-state index in [0.29, 0.717) is 23.8 Å². The van der Waals surface area contributed by atoms with E-state index in [4.69, 9.17) is 9.15 Å². The summed E-state index contributed by atoms with van der Waals surface area (Å²) < 4.78 is 11.5. The van der Waals surface area contributed by atoms with Crippen LogP contribution in [-0.4, -0.2) is 26.7 Å². The molecular formula is C23H17N3O3. The molecule has 1 N–H and O–H groups in total. The van der Waals surface area contributed by atoms with Crippen LogP contribution in [0.3, 0.4) is 0 Å². The second-order valence-electron chi connectivity index (χ2n) is 6.52. The van der Waals surface area contributed by atoms with Crippen LogP contribution in [0.25, 0.3) is 44.7 Å². The molecule has 0 aliphatic carbocycles. The first-order chi connectivity index (χ1) is 14.2. The molecule has 0 aliphatic heterocycles. The number of aromatic hydroxyl groups is 1. The third-order valence-electron chi connectivity index (χ3n) is 4.67. The predicted molar refractivity (Wildman–Crippen MR) is 111 cm³/mol. The molecule has 0 unspecified atom stereocenters. The van der Waals surface area contributed by atoms with Crippen molar-refractivity contribution in [2.24, 2.45) is 0 Å². The lowest BCUT2D eigenvalue weighted by molar-refractivity contribution is 0.312. The van der Waals surface area contributed by atoms with Gasteiger partial charge in [0.1, 0.15) is 16.9 Å². The fourth-order valence-electron chi connectivity index (χ4n) is 3.33. The van der Waals surface area contributed by atoms with Gasteiger partial charge in [-0.25, -0.2) is 4.98 Å². The maximum Gasteiger partial charge on any atom is 0.320 e. The molecule has 6 heteroatoms. The molecule has 5 rings (SSSR count). The Morgan fingerprint density at radius 3 is 2.45 bits per heavy atom. The topological polar surface area (TPSA) is 81.3 Å². The lowest BCUT2D eigenvalue weighted by atomic mass is 10.1. The molecule has 3 aromatic carbocycles. The van der Waals surface area contributed by atoms with Gasteiger partial charge in [-0.15, -0.1) is 0 Å². The Bertz CT molecular complexity index is 1340. The smallest absolute Gasteiger partial charge is 0.320 e. The Labute approximate surface area is 166 Å². The van der Waals surface area contributed by atoms with Crippen LogP contribution < -0.4 is 4.74 Å². The number of ether oxygens (including phenoxy) is 1. The SMILES string of the molecule is CCOc1nc(-c2ccc3c(c2)oc2ccccc23)nc(-c2ccccc2O)n1. The number of aromatic nitrogens is 3.